The molecule has 0 radical (unpaired) electrons. The van der Waals surface area contributed by atoms with E-state index in [1.807, 2.05) is 43.9 Å². The van der Waals surface area contributed by atoms with Crippen LogP contribution in [-0.2, 0) is 20.1 Å². The number of hydrogen-bond acceptors (Lipinski definition) is 4. The van der Waals surface area contributed by atoms with Gasteiger partial charge >= 0.3 is 5.97 Å². The summed E-state index contributed by atoms with van der Waals surface area (Å²) in [5.41, 5.74) is 1.04. The van der Waals surface area contributed by atoms with E-state index in [-0.39, 0.29) is 5.97 Å². The van der Waals surface area contributed by atoms with Gasteiger partial charge in [0.25, 0.3) is 0 Å². The number of carbonyl (C=O) groups excluding carboxylic acids is 1. The van der Waals surface area contributed by atoms with Crippen LogP contribution in [0, 0.1) is 0 Å². The summed E-state index contributed by atoms with van der Waals surface area (Å²) in [6.45, 7) is 12.2. The third-order valence-electron chi connectivity index (χ3n) is 2.75. The summed E-state index contributed by atoms with van der Waals surface area (Å²) in [7, 11) is -2.13. The molecule has 0 aliphatic carbocycles. The topological polar surface area (TPSA) is 44.8 Å². The highest BCUT2D eigenvalue weighted by Gasteiger charge is 2.31. The van der Waals surface area contributed by atoms with Crippen LogP contribution in [0.3, 0.4) is 0 Å². The molecule has 22 heavy (non-hydrogen) atoms. The molecule has 0 saturated heterocycles. The minimum absolute atomic E-state index is 0.239. The first-order valence-corrected chi connectivity index (χ1v) is 14.4. The number of hydrogen-bond donors (Lipinski definition) is 0. The van der Waals surface area contributed by atoms with E-state index in [0.29, 0.717) is 6.42 Å². The van der Waals surface area contributed by atoms with Crippen molar-refractivity contribution in [2.45, 2.75) is 51.8 Å². The zero-order chi connectivity index (χ0) is 17.0. The maximum atomic E-state index is 12.4. The van der Waals surface area contributed by atoms with E-state index in [9.17, 15) is 4.79 Å². The molecule has 0 bridgehead atoms. The van der Waals surface area contributed by atoms with Gasteiger partial charge in [-0.25, -0.2) is 0 Å². The molecule has 1 rings (SSSR count). The van der Waals surface area contributed by atoms with Crippen LogP contribution in [-0.4, -0.2) is 35.8 Å². The van der Waals surface area contributed by atoms with E-state index in [1.54, 1.807) is 7.11 Å². The summed E-state index contributed by atoms with van der Waals surface area (Å²) in [6.07, 6.45) is -0.0100. The molecule has 0 fully saturated rings. The van der Waals surface area contributed by atoms with Crippen molar-refractivity contribution in [1.82, 2.24) is 0 Å². The number of rotatable bonds is 7. The van der Waals surface area contributed by atoms with E-state index in [4.69, 9.17) is 13.6 Å². The van der Waals surface area contributed by atoms with Gasteiger partial charge in [-0.3, -0.25) is 4.79 Å². The zero-order valence-electron chi connectivity index (χ0n) is 14.7. The minimum atomic E-state index is -1.92. The van der Waals surface area contributed by atoms with Crippen molar-refractivity contribution >= 4 is 22.6 Å². The van der Waals surface area contributed by atoms with Crippen LogP contribution in [0.15, 0.2) is 24.3 Å². The van der Waals surface area contributed by atoms with E-state index in [1.165, 1.54) is 0 Å². The van der Waals surface area contributed by atoms with Crippen molar-refractivity contribution in [1.29, 1.82) is 0 Å². The van der Waals surface area contributed by atoms with Crippen LogP contribution in [0.2, 0.25) is 39.3 Å². The standard InChI is InChI=1S/C16H28O4Si2/c1-18-14-10-8-13(9-11-14)12-15(19-21(2,3)4)16(17)20-22(5,6)7/h8-11,15H,12H2,1-7H3. The van der Waals surface area contributed by atoms with Crippen LogP contribution in [0.1, 0.15) is 5.56 Å². The molecule has 6 heteroatoms. The first-order chi connectivity index (χ1) is 10.00. The first kappa shape index (κ1) is 18.9. The fourth-order valence-corrected chi connectivity index (χ4v) is 3.71. The van der Waals surface area contributed by atoms with Crippen molar-refractivity contribution < 1.29 is 18.4 Å². The molecular weight excluding hydrogens is 312 g/mol. The Bertz CT molecular complexity index is 486. The molecule has 124 valence electrons. The lowest BCUT2D eigenvalue weighted by atomic mass is 10.1. The summed E-state index contributed by atoms with van der Waals surface area (Å²) in [5.74, 6) is 0.563. The van der Waals surface area contributed by atoms with Crippen LogP contribution in [0.5, 0.6) is 5.75 Å². The van der Waals surface area contributed by atoms with E-state index < -0.39 is 22.7 Å². The number of ether oxygens (including phenoxy) is 1. The highest BCUT2D eigenvalue weighted by Crippen LogP contribution is 2.18. The third-order valence-corrected chi connectivity index (χ3v) is 4.55. The molecule has 0 amide bonds. The average molecular weight is 341 g/mol. The summed E-state index contributed by atoms with van der Waals surface area (Å²) in [5, 5.41) is 0. The lowest BCUT2D eigenvalue weighted by molar-refractivity contribution is -0.143. The summed E-state index contributed by atoms with van der Waals surface area (Å²) < 4.78 is 16.9. The van der Waals surface area contributed by atoms with Crippen molar-refractivity contribution in [3.63, 3.8) is 0 Å². The van der Waals surface area contributed by atoms with Gasteiger partial charge in [0.15, 0.2) is 8.32 Å². The van der Waals surface area contributed by atoms with Crippen LogP contribution < -0.4 is 4.74 Å². The van der Waals surface area contributed by atoms with Gasteiger partial charge in [0.1, 0.15) is 11.9 Å². The number of methoxy groups -OCH3 is 1. The third kappa shape index (κ3) is 7.24. The van der Waals surface area contributed by atoms with Gasteiger partial charge in [0, 0.05) is 6.42 Å². The largest absolute Gasteiger partial charge is 0.518 e. The fourth-order valence-electron chi connectivity index (χ4n) is 1.94. The van der Waals surface area contributed by atoms with Gasteiger partial charge in [0.05, 0.1) is 7.11 Å². The quantitative estimate of drug-likeness (QED) is 0.708. The van der Waals surface area contributed by atoms with E-state index >= 15 is 0 Å². The molecule has 0 aliphatic rings. The molecule has 1 aromatic rings. The van der Waals surface area contributed by atoms with Gasteiger partial charge in [-0.1, -0.05) is 12.1 Å². The fraction of sp³-hybridized carbons (Fsp3) is 0.562. The number of benzene rings is 1. The second kappa shape index (κ2) is 7.43. The van der Waals surface area contributed by atoms with E-state index in [2.05, 4.69) is 19.6 Å². The Morgan fingerprint density at radius 1 is 1.00 bits per heavy atom. The average Bonchev–Trinajstić information content (AvgIpc) is 2.35. The van der Waals surface area contributed by atoms with Gasteiger partial charge in [-0.2, -0.15) is 0 Å². The first-order valence-electron chi connectivity index (χ1n) is 7.54. The SMILES string of the molecule is COc1ccc(CC(O[Si](C)(C)C)C(=O)O[Si](C)(C)C)cc1. The van der Waals surface area contributed by atoms with Crippen LogP contribution in [0.25, 0.3) is 0 Å². The van der Waals surface area contributed by atoms with Crippen LogP contribution >= 0.6 is 0 Å². The Balaban J connectivity index is 2.87. The minimum Gasteiger partial charge on any atom is -0.518 e. The molecule has 1 atom stereocenters. The molecule has 1 unspecified atom stereocenters. The summed E-state index contributed by atoms with van der Waals surface area (Å²) in [4.78, 5) is 12.4. The second-order valence-electron chi connectivity index (χ2n) is 7.30. The summed E-state index contributed by atoms with van der Waals surface area (Å²) in [6, 6.07) is 7.71. The Labute approximate surface area is 136 Å². The van der Waals surface area contributed by atoms with Crippen LogP contribution in [0.4, 0.5) is 0 Å². The second-order valence-corrected chi connectivity index (χ2v) is 16.2. The highest BCUT2D eigenvalue weighted by molar-refractivity contribution is 6.71. The lowest BCUT2D eigenvalue weighted by Gasteiger charge is -2.28. The summed E-state index contributed by atoms with van der Waals surface area (Å²) >= 11 is 0. The van der Waals surface area contributed by atoms with Gasteiger partial charge < -0.3 is 13.6 Å². The lowest BCUT2D eigenvalue weighted by Crippen LogP contribution is -2.42. The van der Waals surface area contributed by atoms with Gasteiger partial charge in [0.2, 0.25) is 8.32 Å². The molecule has 0 aromatic heterocycles. The van der Waals surface area contributed by atoms with Gasteiger partial charge in [-0.05, 0) is 57.0 Å². The molecule has 0 aliphatic heterocycles. The smallest absolute Gasteiger partial charge is 0.321 e. The Morgan fingerprint density at radius 3 is 1.95 bits per heavy atom. The molecule has 0 heterocycles. The van der Waals surface area contributed by atoms with Crippen molar-refractivity contribution in [2.75, 3.05) is 7.11 Å². The van der Waals surface area contributed by atoms with Crippen molar-refractivity contribution in [2.24, 2.45) is 0 Å². The van der Waals surface area contributed by atoms with Gasteiger partial charge in [-0.15, -0.1) is 0 Å². The molecule has 0 N–H and O–H groups in total. The number of carbonyl (C=O) groups is 1. The van der Waals surface area contributed by atoms with E-state index in [0.717, 1.165) is 11.3 Å². The molecule has 0 spiro atoms. The Morgan fingerprint density at radius 2 is 1.55 bits per heavy atom. The monoisotopic (exact) mass is 340 g/mol. The molecule has 1 aromatic carbocycles. The maximum absolute atomic E-state index is 12.4. The molecular formula is C16H28O4Si2. The molecule has 4 nitrogen and oxygen atoms in total. The maximum Gasteiger partial charge on any atom is 0.321 e. The Kier molecular flexibility index (Phi) is 6.40. The predicted octanol–water partition coefficient (Wildman–Crippen LogP) is 3.84. The zero-order valence-corrected chi connectivity index (χ0v) is 16.7. The Hall–Kier alpha value is -1.12. The molecule has 0 saturated carbocycles. The van der Waals surface area contributed by atoms with Crippen molar-refractivity contribution in [3.05, 3.63) is 29.8 Å². The van der Waals surface area contributed by atoms with Crippen molar-refractivity contribution in [3.8, 4) is 5.75 Å². The predicted molar refractivity (Wildman–Crippen MR) is 94.4 cm³/mol. The normalized spacial score (nSPS) is 13.6. The highest BCUT2D eigenvalue weighted by atomic mass is 28.4.